The summed E-state index contributed by atoms with van der Waals surface area (Å²) in [6, 6.07) is 0.761. The molecule has 4 aliphatic rings. The first kappa shape index (κ1) is 25.2. The van der Waals surface area contributed by atoms with Crippen molar-refractivity contribution in [2.24, 2.45) is 29.2 Å². The average Bonchev–Trinajstić information content (AvgIpc) is 3.19. The number of hydrogen-bond donors (Lipinski definition) is 5. The molecule has 0 radical (unpaired) electrons. The number of fused-ring (bicyclic) bond motifs is 1. The van der Waals surface area contributed by atoms with Gasteiger partial charge in [0, 0.05) is 43.6 Å². The molecule has 0 aromatic carbocycles. The maximum Gasteiger partial charge on any atom is 0.237 e. The van der Waals surface area contributed by atoms with E-state index in [9.17, 15) is 9.59 Å². The van der Waals surface area contributed by atoms with Crippen LogP contribution in [0, 0.1) is 23.2 Å². The van der Waals surface area contributed by atoms with E-state index in [4.69, 9.17) is 16.9 Å². The number of carbonyl (C=O) groups is 2. The Morgan fingerprint density at radius 1 is 0.971 bits per heavy atom. The SMILES string of the molecule is N=C(N)C1CCC2CC(C(=O)N[C@@H]3CC=CCC3)N(CC3CCC(NC(=O)CCN)CC3)C2C1. The third-order valence-electron chi connectivity index (χ3n) is 8.72. The lowest BCUT2D eigenvalue weighted by Crippen LogP contribution is -2.52. The summed E-state index contributed by atoms with van der Waals surface area (Å²) in [5, 5.41) is 14.5. The van der Waals surface area contributed by atoms with Gasteiger partial charge in [0.25, 0.3) is 0 Å². The fourth-order valence-electron chi connectivity index (χ4n) is 6.79. The Bertz CT molecular complexity index is 762. The van der Waals surface area contributed by atoms with Crippen LogP contribution in [0.4, 0.5) is 0 Å². The second-order valence-electron chi connectivity index (χ2n) is 11.1. The van der Waals surface area contributed by atoms with Crippen molar-refractivity contribution in [1.29, 1.82) is 5.41 Å². The molecule has 0 spiro atoms. The van der Waals surface area contributed by atoms with Crippen molar-refractivity contribution in [1.82, 2.24) is 15.5 Å². The monoisotopic (exact) mass is 472 g/mol. The number of hydrogen-bond acceptors (Lipinski definition) is 5. The molecule has 2 saturated carbocycles. The van der Waals surface area contributed by atoms with Crippen LogP contribution in [0.25, 0.3) is 0 Å². The smallest absolute Gasteiger partial charge is 0.237 e. The lowest BCUT2D eigenvalue weighted by atomic mass is 9.77. The van der Waals surface area contributed by atoms with Crippen LogP contribution in [-0.2, 0) is 9.59 Å². The normalized spacial score (nSPS) is 36.0. The molecule has 3 aliphatic carbocycles. The summed E-state index contributed by atoms with van der Waals surface area (Å²) in [6.45, 7) is 1.32. The predicted molar refractivity (Wildman–Crippen MR) is 134 cm³/mol. The number of carbonyl (C=O) groups excluding carboxylic acids is 2. The highest BCUT2D eigenvalue weighted by atomic mass is 16.2. The Balaban J connectivity index is 1.39. The van der Waals surface area contributed by atoms with E-state index in [0.717, 1.165) is 77.2 Å². The lowest BCUT2D eigenvalue weighted by molar-refractivity contribution is -0.127. The van der Waals surface area contributed by atoms with E-state index in [1.807, 2.05) is 0 Å². The van der Waals surface area contributed by atoms with Crippen LogP contribution in [0.2, 0.25) is 0 Å². The van der Waals surface area contributed by atoms with Crippen LogP contribution in [0.15, 0.2) is 12.2 Å². The topological polar surface area (TPSA) is 137 Å². The molecular weight excluding hydrogens is 428 g/mol. The molecule has 0 aromatic rings. The van der Waals surface area contributed by atoms with E-state index >= 15 is 0 Å². The summed E-state index contributed by atoms with van der Waals surface area (Å²) in [7, 11) is 0. The van der Waals surface area contributed by atoms with Gasteiger partial charge in [-0.15, -0.1) is 0 Å². The van der Waals surface area contributed by atoms with Gasteiger partial charge in [0.15, 0.2) is 0 Å². The summed E-state index contributed by atoms with van der Waals surface area (Å²) in [5.41, 5.74) is 11.4. The molecular formula is C26H44N6O2. The third-order valence-corrected chi connectivity index (χ3v) is 8.72. The van der Waals surface area contributed by atoms with Gasteiger partial charge in [-0.05, 0) is 82.5 Å². The quantitative estimate of drug-likeness (QED) is 0.209. The van der Waals surface area contributed by atoms with Crippen molar-refractivity contribution in [3.8, 4) is 0 Å². The fourth-order valence-corrected chi connectivity index (χ4v) is 6.79. The Morgan fingerprint density at radius 3 is 2.44 bits per heavy atom. The van der Waals surface area contributed by atoms with Gasteiger partial charge in [-0.2, -0.15) is 0 Å². The first-order chi connectivity index (χ1) is 16.4. The molecule has 190 valence electrons. The zero-order chi connectivity index (χ0) is 24.1. The Kier molecular flexibility index (Phi) is 8.64. The van der Waals surface area contributed by atoms with Crippen molar-refractivity contribution in [3.05, 3.63) is 12.2 Å². The highest BCUT2D eigenvalue weighted by Crippen LogP contribution is 2.43. The van der Waals surface area contributed by atoms with E-state index in [0.29, 0.717) is 36.7 Å². The number of allylic oxidation sites excluding steroid dienone is 1. The highest BCUT2D eigenvalue weighted by Gasteiger charge is 2.48. The predicted octanol–water partition coefficient (Wildman–Crippen LogP) is 2.03. The zero-order valence-corrected chi connectivity index (χ0v) is 20.5. The first-order valence-electron chi connectivity index (χ1n) is 13.5. The van der Waals surface area contributed by atoms with Gasteiger partial charge in [-0.3, -0.25) is 19.9 Å². The fraction of sp³-hybridized carbons (Fsp3) is 0.808. The average molecular weight is 473 g/mol. The molecule has 8 heteroatoms. The van der Waals surface area contributed by atoms with E-state index in [-0.39, 0.29) is 35.9 Å². The van der Waals surface area contributed by atoms with Gasteiger partial charge < -0.3 is 22.1 Å². The molecule has 2 amide bonds. The molecule has 5 atom stereocenters. The molecule has 4 unspecified atom stereocenters. The number of amides is 2. The van der Waals surface area contributed by atoms with Crippen molar-refractivity contribution >= 4 is 17.6 Å². The van der Waals surface area contributed by atoms with Crippen LogP contribution in [0.1, 0.15) is 77.0 Å². The molecule has 8 nitrogen and oxygen atoms in total. The summed E-state index contributed by atoms with van der Waals surface area (Å²) in [4.78, 5) is 27.9. The van der Waals surface area contributed by atoms with Crippen molar-refractivity contribution in [3.63, 3.8) is 0 Å². The molecule has 1 saturated heterocycles. The largest absolute Gasteiger partial charge is 0.387 e. The summed E-state index contributed by atoms with van der Waals surface area (Å²) in [5.74, 6) is 1.74. The minimum Gasteiger partial charge on any atom is -0.387 e. The van der Waals surface area contributed by atoms with E-state index in [2.05, 4.69) is 27.7 Å². The number of likely N-dealkylation sites (tertiary alicyclic amines) is 1. The van der Waals surface area contributed by atoms with Gasteiger partial charge in [0.1, 0.15) is 0 Å². The van der Waals surface area contributed by atoms with Crippen LogP contribution >= 0.6 is 0 Å². The molecule has 3 fully saturated rings. The summed E-state index contributed by atoms with van der Waals surface area (Å²) in [6.07, 6.45) is 15.7. The second kappa shape index (κ2) is 11.7. The van der Waals surface area contributed by atoms with E-state index in [1.165, 1.54) is 0 Å². The van der Waals surface area contributed by atoms with Crippen molar-refractivity contribution in [2.75, 3.05) is 13.1 Å². The molecule has 34 heavy (non-hydrogen) atoms. The molecule has 7 N–H and O–H groups in total. The minimum absolute atomic E-state index is 0.0557. The Labute approximate surface area is 204 Å². The zero-order valence-electron chi connectivity index (χ0n) is 20.5. The number of rotatable bonds is 8. The Morgan fingerprint density at radius 2 is 1.76 bits per heavy atom. The van der Waals surface area contributed by atoms with Crippen LogP contribution in [-0.4, -0.2) is 59.8 Å². The van der Waals surface area contributed by atoms with Gasteiger partial charge in [0.2, 0.25) is 11.8 Å². The second-order valence-corrected chi connectivity index (χ2v) is 11.1. The Hall–Kier alpha value is -1.93. The molecule has 1 aliphatic heterocycles. The van der Waals surface area contributed by atoms with Gasteiger partial charge >= 0.3 is 0 Å². The third kappa shape index (κ3) is 6.19. The summed E-state index contributed by atoms with van der Waals surface area (Å²) < 4.78 is 0. The molecule has 4 rings (SSSR count). The number of amidine groups is 1. The van der Waals surface area contributed by atoms with Crippen molar-refractivity contribution in [2.45, 2.75) is 101 Å². The highest BCUT2D eigenvalue weighted by molar-refractivity contribution is 5.83. The number of nitrogens with one attached hydrogen (secondary N) is 3. The maximum absolute atomic E-state index is 13.5. The van der Waals surface area contributed by atoms with Gasteiger partial charge in [-0.25, -0.2) is 0 Å². The van der Waals surface area contributed by atoms with Crippen LogP contribution in [0.5, 0.6) is 0 Å². The minimum atomic E-state index is -0.0754. The van der Waals surface area contributed by atoms with Crippen LogP contribution in [0.3, 0.4) is 0 Å². The molecule has 0 aromatic heterocycles. The van der Waals surface area contributed by atoms with E-state index < -0.39 is 0 Å². The molecule has 0 bridgehead atoms. The van der Waals surface area contributed by atoms with Gasteiger partial charge in [0.05, 0.1) is 11.9 Å². The van der Waals surface area contributed by atoms with Crippen LogP contribution < -0.4 is 22.1 Å². The van der Waals surface area contributed by atoms with E-state index in [1.54, 1.807) is 0 Å². The van der Waals surface area contributed by atoms with Crippen molar-refractivity contribution < 1.29 is 9.59 Å². The number of nitrogens with two attached hydrogens (primary N) is 2. The first-order valence-corrected chi connectivity index (χ1v) is 13.5. The maximum atomic E-state index is 13.5. The summed E-state index contributed by atoms with van der Waals surface area (Å²) >= 11 is 0. The van der Waals surface area contributed by atoms with Gasteiger partial charge in [-0.1, -0.05) is 12.2 Å². The standard InChI is InChI=1S/C26H44N6O2/c27-13-12-24(33)30-21-10-6-17(7-11-21)16-32-22-15-19(25(28)29)9-8-18(22)14-23(32)26(34)31-20-4-2-1-3-5-20/h1-2,17-23H,3-16,27H2,(H3,28,29)(H,30,33)(H,31,34)/t17?,18?,19?,20-,21?,22?,23?/m1/s1. The molecule has 1 heterocycles. The number of nitrogens with zero attached hydrogens (tertiary/aromatic N) is 1. The lowest BCUT2D eigenvalue weighted by Gasteiger charge is -2.40.